The van der Waals surface area contributed by atoms with Gasteiger partial charge in [0.25, 0.3) is 6.47 Å². The third kappa shape index (κ3) is 12.3. The number of carbonyl (C=O) groups is 2. The number of esters is 1. The predicted octanol–water partition coefficient (Wildman–Crippen LogP) is 5.37. The molecule has 0 heterocycles. The summed E-state index contributed by atoms with van der Waals surface area (Å²) in [7, 11) is 6.39. The number of anilines is 1. The Morgan fingerprint density at radius 3 is 2.06 bits per heavy atom. The molecule has 0 bridgehead atoms. The van der Waals surface area contributed by atoms with Gasteiger partial charge in [0.2, 0.25) is 0 Å². The first-order valence-electron chi connectivity index (χ1n) is 10.6. The highest BCUT2D eigenvalue weighted by molar-refractivity contribution is 5.92. The molecule has 1 saturated carbocycles. The molecule has 7 heteroatoms. The third-order valence-electron chi connectivity index (χ3n) is 4.51. The van der Waals surface area contributed by atoms with Crippen LogP contribution in [0, 0.1) is 12.7 Å². The molecule has 6 nitrogen and oxygen atoms in total. The van der Waals surface area contributed by atoms with Crippen molar-refractivity contribution in [2.45, 2.75) is 73.3 Å². The van der Waals surface area contributed by atoms with Crippen LogP contribution in [-0.2, 0) is 14.3 Å². The highest BCUT2D eigenvalue weighted by Crippen LogP contribution is 2.31. The van der Waals surface area contributed by atoms with Crippen LogP contribution in [0.25, 0.3) is 0 Å². The van der Waals surface area contributed by atoms with Crippen molar-refractivity contribution in [2.24, 2.45) is 0 Å². The summed E-state index contributed by atoms with van der Waals surface area (Å²) in [5.41, 5.74) is 1.95. The lowest BCUT2D eigenvalue weighted by Crippen LogP contribution is -2.37. The molecule has 182 valence electrons. The summed E-state index contributed by atoms with van der Waals surface area (Å²) in [4.78, 5) is 23.0. The fourth-order valence-electron chi connectivity index (χ4n) is 3.30. The van der Waals surface area contributed by atoms with E-state index in [-0.39, 0.29) is 13.2 Å². The maximum atomic E-state index is 13.9. The molecule has 0 aliphatic heterocycles. The zero-order valence-electron chi connectivity index (χ0n) is 20.0. The minimum Gasteiger partial charge on any atom is -0.471 e. The standard InChI is InChI=1S/C17H24FNO2.C2H7N.C2H4O2.C2H6.CH4/c1-4-19(14-8-6-5-7-9-14)16-11-13(18)10-15(12(16)2)17(20)21-3;1-3-2;1-4-2-3;1-2;/h10-11,14H,4-9H2,1-3H3;3H,1-2H3;2H,1H3;1-2H3;1H4. The molecule has 1 fully saturated rings. The Hall–Kier alpha value is -2.15. The first-order chi connectivity index (χ1) is 14.4. The first-order valence-corrected chi connectivity index (χ1v) is 10.6. The lowest BCUT2D eigenvalue weighted by atomic mass is 9.93. The van der Waals surface area contributed by atoms with Gasteiger partial charge in [-0.1, -0.05) is 40.5 Å². The van der Waals surface area contributed by atoms with E-state index in [9.17, 15) is 9.18 Å². The van der Waals surface area contributed by atoms with Crippen molar-refractivity contribution in [3.8, 4) is 0 Å². The number of nitrogens with zero attached hydrogens (tertiary/aromatic N) is 1. The van der Waals surface area contributed by atoms with E-state index in [2.05, 4.69) is 21.9 Å². The van der Waals surface area contributed by atoms with E-state index in [4.69, 9.17) is 9.53 Å². The molecule has 0 saturated heterocycles. The van der Waals surface area contributed by atoms with Crippen molar-refractivity contribution in [3.63, 3.8) is 0 Å². The summed E-state index contributed by atoms with van der Waals surface area (Å²) in [6.45, 7) is 9.14. The number of ether oxygens (including phenoxy) is 2. The molecule has 1 aromatic rings. The second-order valence-electron chi connectivity index (χ2n) is 6.50. The molecule has 0 aromatic heterocycles. The van der Waals surface area contributed by atoms with Gasteiger partial charge in [-0.25, -0.2) is 9.18 Å². The molecule has 0 unspecified atom stereocenters. The summed E-state index contributed by atoms with van der Waals surface area (Å²) in [6.07, 6.45) is 6.00. The molecule has 1 aliphatic rings. The largest absolute Gasteiger partial charge is 0.471 e. The van der Waals surface area contributed by atoms with Crippen LogP contribution in [0.5, 0.6) is 0 Å². The van der Waals surface area contributed by atoms with Crippen LogP contribution in [0.3, 0.4) is 0 Å². The van der Waals surface area contributed by atoms with Crippen molar-refractivity contribution >= 4 is 18.1 Å². The molecular formula is C24H45FN2O4. The molecule has 1 aliphatic carbocycles. The minimum absolute atomic E-state index is 0. The maximum Gasteiger partial charge on any atom is 0.338 e. The third-order valence-corrected chi connectivity index (χ3v) is 4.51. The van der Waals surface area contributed by atoms with Crippen LogP contribution in [0.2, 0.25) is 0 Å². The zero-order valence-corrected chi connectivity index (χ0v) is 20.0. The summed E-state index contributed by atoms with van der Waals surface area (Å²) >= 11 is 0. The van der Waals surface area contributed by atoms with Crippen molar-refractivity contribution < 1.29 is 23.5 Å². The van der Waals surface area contributed by atoms with Crippen LogP contribution in [-0.4, -0.2) is 53.3 Å². The fraction of sp³-hybridized carbons (Fsp3) is 0.667. The van der Waals surface area contributed by atoms with Gasteiger partial charge >= 0.3 is 5.97 Å². The number of rotatable bonds is 5. The summed E-state index contributed by atoms with van der Waals surface area (Å²) in [5.74, 6) is -0.863. The number of methoxy groups -OCH3 is 2. The smallest absolute Gasteiger partial charge is 0.338 e. The molecule has 1 N–H and O–H groups in total. The second-order valence-corrected chi connectivity index (χ2v) is 6.50. The van der Waals surface area contributed by atoms with Gasteiger partial charge in [0.1, 0.15) is 5.82 Å². The Labute approximate surface area is 189 Å². The molecule has 2 rings (SSSR count). The Kier molecular flexibility index (Phi) is 22.8. The Balaban J connectivity index is -0.000000677. The van der Waals surface area contributed by atoms with Gasteiger partial charge in [-0.3, -0.25) is 4.79 Å². The average molecular weight is 445 g/mol. The van der Waals surface area contributed by atoms with E-state index in [1.54, 1.807) is 6.07 Å². The molecule has 31 heavy (non-hydrogen) atoms. The normalized spacial score (nSPS) is 12.2. The van der Waals surface area contributed by atoms with E-state index in [0.29, 0.717) is 18.1 Å². The highest BCUT2D eigenvalue weighted by Gasteiger charge is 2.24. The maximum absolute atomic E-state index is 13.9. The number of nitrogens with one attached hydrogen (secondary N) is 1. The molecule has 0 atom stereocenters. The van der Waals surface area contributed by atoms with E-state index < -0.39 is 5.97 Å². The number of benzene rings is 1. The lowest BCUT2D eigenvalue weighted by molar-refractivity contribution is -0.126. The number of hydrogen-bond donors (Lipinski definition) is 1. The topological polar surface area (TPSA) is 67.9 Å². The molecule has 0 amide bonds. The molecule has 0 radical (unpaired) electrons. The van der Waals surface area contributed by atoms with Gasteiger partial charge in [0.15, 0.2) is 0 Å². The SMILES string of the molecule is C.CC.CCN(c1cc(F)cc(C(=O)OC)c1C)C1CCCCC1.CNC.COC=O. The summed E-state index contributed by atoms with van der Waals surface area (Å²) in [6, 6.07) is 3.24. The van der Waals surface area contributed by atoms with Gasteiger partial charge in [-0.15, -0.1) is 0 Å². The van der Waals surface area contributed by atoms with Crippen LogP contribution in [0.4, 0.5) is 10.1 Å². The van der Waals surface area contributed by atoms with Crippen molar-refractivity contribution in [3.05, 3.63) is 29.1 Å². The van der Waals surface area contributed by atoms with E-state index in [0.717, 1.165) is 30.6 Å². The van der Waals surface area contributed by atoms with Crippen LogP contribution in [0.15, 0.2) is 12.1 Å². The fourth-order valence-corrected chi connectivity index (χ4v) is 3.30. The first kappa shape index (κ1) is 33.5. The van der Waals surface area contributed by atoms with Crippen LogP contribution >= 0.6 is 0 Å². The molecule has 0 spiro atoms. The van der Waals surface area contributed by atoms with Gasteiger partial charge in [0, 0.05) is 18.3 Å². The van der Waals surface area contributed by atoms with Crippen molar-refractivity contribution in [1.29, 1.82) is 0 Å². The van der Waals surface area contributed by atoms with Gasteiger partial charge < -0.3 is 19.7 Å². The van der Waals surface area contributed by atoms with Gasteiger partial charge in [0.05, 0.1) is 19.8 Å². The predicted molar refractivity (Wildman–Crippen MR) is 129 cm³/mol. The van der Waals surface area contributed by atoms with Crippen LogP contribution < -0.4 is 10.2 Å². The zero-order chi connectivity index (χ0) is 23.5. The lowest BCUT2D eigenvalue weighted by Gasteiger charge is -2.36. The summed E-state index contributed by atoms with van der Waals surface area (Å²) < 4.78 is 22.6. The van der Waals surface area contributed by atoms with E-state index in [1.165, 1.54) is 39.5 Å². The second kappa shape index (κ2) is 21.1. The minimum atomic E-state index is -0.479. The number of carbonyl (C=O) groups excluding carboxylic acids is 2. The Bertz CT molecular complexity index is 591. The summed E-state index contributed by atoms with van der Waals surface area (Å²) in [5, 5.41) is 2.75. The van der Waals surface area contributed by atoms with E-state index >= 15 is 0 Å². The Morgan fingerprint density at radius 2 is 1.68 bits per heavy atom. The van der Waals surface area contributed by atoms with Crippen molar-refractivity contribution in [1.82, 2.24) is 5.32 Å². The Morgan fingerprint density at radius 1 is 1.19 bits per heavy atom. The molecule has 1 aromatic carbocycles. The average Bonchev–Trinajstić information content (AvgIpc) is 2.78. The number of hydrogen-bond acceptors (Lipinski definition) is 6. The van der Waals surface area contributed by atoms with Gasteiger partial charge in [-0.05, 0) is 58.5 Å². The number of halogens is 1. The highest BCUT2D eigenvalue weighted by atomic mass is 19.1. The van der Waals surface area contributed by atoms with Crippen LogP contribution in [0.1, 0.15) is 76.2 Å². The van der Waals surface area contributed by atoms with E-state index in [1.807, 2.05) is 34.9 Å². The quantitative estimate of drug-likeness (QED) is 0.487. The monoisotopic (exact) mass is 444 g/mol. The van der Waals surface area contributed by atoms with Crippen molar-refractivity contribution in [2.75, 3.05) is 39.8 Å². The molecular weight excluding hydrogens is 399 g/mol. The van der Waals surface area contributed by atoms with Gasteiger partial charge in [-0.2, -0.15) is 0 Å².